The summed E-state index contributed by atoms with van der Waals surface area (Å²) in [5, 5.41) is 4.96. The fourth-order valence-corrected chi connectivity index (χ4v) is 4.10. The molecule has 2 aliphatic heterocycles. The topological polar surface area (TPSA) is 95.6 Å². The van der Waals surface area contributed by atoms with Gasteiger partial charge in [-0.1, -0.05) is 35.9 Å². The molecule has 2 aromatic carbocycles. The van der Waals surface area contributed by atoms with Crippen molar-refractivity contribution in [2.24, 2.45) is 0 Å². The van der Waals surface area contributed by atoms with Crippen LogP contribution in [0.3, 0.4) is 0 Å². The van der Waals surface area contributed by atoms with Crippen molar-refractivity contribution in [1.29, 1.82) is 0 Å². The van der Waals surface area contributed by atoms with E-state index in [4.69, 9.17) is 11.6 Å². The van der Waals surface area contributed by atoms with Gasteiger partial charge in [0.15, 0.2) is 5.78 Å². The molecule has 1 fully saturated rings. The number of hydrogen-bond acceptors (Lipinski definition) is 4. The first-order valence-corrected chi connectivity index (χ1v) is 10.6. The molecule has 1 unspecified atom stereocenters. The van der Waals surface area contributed by atoms with Crippen LogP contribution < -0.4 is 10.6 Å². The Morgan fingerprint density at radius 1 is 1.21 bits per heavy atom. The summed E-state index contributed by atoms with van der Waals surface area (Å²) >= 11 is 5.91. The molecule has 1 saturated heterocycles. The first kappa shape index (κ1) is 22.8. The van der Waals surface area contributed by atoms with Crippen LogP contribution in [0.1, 0.15) is 39.0 Å². The molecular weight excluding hydrogens is 456 g/mol. The van der Waals surface area contributed by atoms with Gasteiger partial charge in [0.05, 0.1) is 6.42 Å². The van der Waals surface area contributed by atoms with Gasteiger partial charge < -0.3 is 15.5 Å². The van der Waals surface area contributed by atoms with E-state index in [-0.39, 0.29) is 48.7 Å². The van der Waals surface area contributed by atoms with Crippen LogP contribution in [0.5, 0.6) is 0 Å². The third-order valence-electron chi connectivity index (χ3n) is 5.85. The van der Waals surface area contributed by atoms with Crippen molar-refractivity contribution in [3.05, 3.63) is 69.2 Å². The average Bonchev–Trinajstić information content (AvgIpc) is 3.09. The van der Waals surface area contributed by atoms with E-state index >= 15 is 0 Å². The smallest absolute Gasteiger partial charge is 0.349 e. The minimum atomic E-state index is -3.77. The Hall–Kier alpha value is -3.33. The molecule has 3 amide bonds. The lowest BCUT2D eigenvalue weighted by Crippen LogP contribution is -2.53. The fourth-order valence-electron chi connectivity index (χ4n) is 3.92. The molecule has 0 spiro atoms. The lowest BCUT2D eigenvalue weighted by Gasteiger charge is -2.29. The molecule has 0 aliphatic carbocycles. The van der Waals surface area contributed by atoms with Crippen molar-refractivity contribution in [2.45, 2.75) is 38.4 Å². The molecule has 4 rings (SSSR count). The maximum Gasteiger partial charge on any atom is 0.349 e. The molecule has 10 heteroatoms. The van der Waals surface area contributed by atoms with Gasteiger partial charge in [-0.05, 0) is 35.7 Å². The molecule has 2 aliphatic rings. The molecule has 0 saturated carbocycles. The number of amides is 3. The molecule has 0 bridgehead atoms. The second-order valence-electron chi connectivity index (χ2n) is 8.11. The van der Waals surface area contributed by atoms with Crippen LogP contribution in [0.2, 0.25) is 5.02 Å². The van der Waals surface area contributed by atoms with E-state index in [1.807, 2.05) is 0 Å². The standard InChI is InChI=1S/C23H20ClF2N3O4/c1-12-2-4-15(7-17(12)24)23(25,26)22(33)28-9-13-3-5-16-14(6-13)11-29(21(16)32)18-10-27-20(31)8-19(18)30/h2-7,18H,8-11H2,1H3,(H,27,31)(H,28,33). The summed E-state index contributed by atoms with van der Waals surface area (Å²) in [5.41, 5.74) is 1.66. The normalized spacial score (nSPS) is 18.2. The highest BCUT2D eigenvalue weighted by atomic mass is 35.5. The highest BCUT2D eigenvalue weighted by molar-refractivity contribution is 6.31. The second-order valence-corrected chi connectivity index (χ2v) is 8.52. The van der Waals surface area contributed by atoms with Crippen LogP contribution in [0, 0.1) is 6.92 Å². The number of ketones is 1. The SMILES string of the molecule is Cc1ccc(C(F)(F)C(=O)NCc2ccc3c(c2)CN(C2CNC(=O)CC2=O)C3=O)cc1Cl. The first-order chi connectivity index (χ1) is 15.6. The largest absolute Gasteiger partial charge is 0.353 e. The van der Waals surface area contributed by atoms with Crippen LogP contribution in [0.4, 0.5) is 8.78 Å². The van der Waals surface area contributed by atoms with Crippen LogP contribution in [0.25, 0.3) is 0 Å². The lowest BCUT2D eigenvalue weighted by atomic mass is 10.0. The summed E-state index contributed by atoms with van der Waals surface area (Å²) in [6.07, 6.45) is -0.275. The molecule has 172 valence electrons. The van der Waals surface area contributed by atoms with Crippen molar-refractivity contribution in [2.75, 3.05) is 6.54 Å². The Labute approximate surface area is 193 Å². The maximum absolute atomic E-state index is 14.6. The predicted octanol–water partition coefficient (Wildman–Crippen LogP) is 2.47. The van der Waals surface area contributed by atoms with Gasteiger partial charge in [-0.15, -0.1) is 0 Å². The number of carbonyl (C=O) groups is 4. The van der Waals surface area contributed by atoms with Crippen molar-refractivity contribution < 1.29 is 28.0 Å². The second kappa shape index (κ2) is 8.55. The van der Waals surface area contributed by atoms with E-state index in [2.05, 4.69) is 10.6 Å². The summed E-state index contributed by atoms with van der Waals surface area (Å²) < 4.78 is 29.1. The van der Waals surface area contributed by atoms with Crippen LogP contribution in [-0.4, -0.2) is 41.0 Å². The fraction of sp³-hybridized carbons (Fsp3) is 0.304. The average molecular weight is 476 g/mol. The number of nitrogens with zero attached hydrogens (tertiary/aromatic N) is 1. The minimum absolute atomic E-state index is 0.0540. The van der Waals surface area contributed by atoms with Gasteiger partial charge in [-0.2, -0.15) is 8.78 Å². The number of fused-ring (bicyclic) bond motifs is 1. The van der Waals surface area contributed by atoms with Gasteiger partial charge in [-0.3, -0.25) is 19.2 Å². The quantitative estimate of drug-likeness (QED) is 0.649. The van der Waals surface area contributed by atoms with E-state index in [0.29, 0.717) is 22.3 Å². The Morgan fingerprint density at radius 3 is 2.67 bits per heavy atom. The number of hydrogen-bond donors (Lipinski definition) is 2. The van der Waals surface area contributed by atoms with E-state index in [1.165, 1.54) is 11.0 Å². The molecular formula is C23H20ClF2N3O4. The number of rotatable bonds is 5. The van der Waals surface area contributed by atoms with Gasteiger partial charge in [-0.25, -0.2) is 0 Å². The van der Waals surface area contributed by atoms with Gasteiger partial charge in [0, 0.05) is 35.8 Å². The molecule has 2 heterocycles. The van der Waals surface area contributed by atoms with Crippen molar-refractivity contribution in [1.82, 2.24) is 15.5 Å². The number of nitrogens with one attached hydrogen (secondary N) is 2. The summed E-state index contributed by atoms with van der Waals surface area (Å²) in [6.45, 7) is 1.71. The Balaban J connectivity index is 1.44. The number of aryl methyl sites for hydroxylation is 1. The third kappa shape index (κ3) is 4.32. The van der Waals surface area contributed by atoms with E-state index in [9.17, 15) is 28.0 Å². The zero-order valence-electron chi connectivity index (χ0n) is 17.6. The van der Waals surface area contributed by atoms with Gasteiger partial charge in [0.25, 0.3) is 11.8 Å². The number of benzene rings is 2. The van der Waals surface area contributed by atoms with Gasteiger partial charge in [0.1, 0.15) is 6.04 Å². The molecule has 2 N–H and O–H groups in total. The summed E-state index contributed by atoms with van der Waals surface area (Å²) in [5.74, 6) is -6.27. The van der Waals surface area contributed by atoms with Crippen molar-refractivity contribution in [3.63, 3.8) is 0 Å². The number of halogens is 3. The van der Waals surface area contributed by atoms with E-state index in [0.717, 1.165) is 12.1 Å². The van der Waals surface area contributed by atoms with Gasteiger partial charge in [0.2, 0.25) is 5.91 Å². The van der Waals surface area contributed by atoms with E-state index < -0.39 is 23.4 Å². The molecule has 7 nitrogen and oxygen atoms in total. The number of Topliss-reactive ketones (excluding diaryl/α,β-unsaturated/α-hetero) is 1. The molecule has 0 aromatic heterocycles. The van der Waals surface area contributed by atoms with Crippen molar-refractivity contribution >= 4 is 35.1 Å². The molecule has 33 heavy (non-hydrogen) atoms. The number of carbonyl (C=O) groups excluding carboxylic acids is 4. The first-order valence-electron chi connectivity index (χ1n) is 10.2. The minimum Gasteiger partial charge on any atom is -0.353 e. The predicted molar refractivity (Wildman–Crippen MR) is 115 cm³/mol. The van der Waals surface area contributed by atoms with Crippen LogP contribution >= 0.6 is 11.6 Å². The molecule has 2 aromatic rings. The Bertz CT molecular complexity index is 1180. The van der Waals surface area contributed by atoms with Crippen LogP contribution in [0.15, 0.2) is 36.4 Å². The Morgan fingerprint density at radius 2 is 1.97 bits per heavy atom. The lowest BCUT2D eigenvalue weighted by molar-refractivity contribution is -0.147. The molecule has 0 radical (unpaired) electrons. The highest BCUT2D eigenvalue weighted by Gasteiger charge is 2.41. The number of alkyl halides is 2. The van der Waals surface area contributed by atoms with Gasteiger partial charge >= 0.3 is 5.92 Å². The zero-order chi connectivity index (χ0) is 23.9. The summed E-state index contributed by atoms with van der Waals surface area (Å²) in [7, 11) is 0. The van der Waals surface area contributed by atoms with Crippen molar-refractivity contribution in [3.8, 4) is 0 Å². The monoisotopic (exact) mass is 475 g/mol. The zero-order valence-corrected chi connectivity index (χ0v) is 18.3. The van der Waals surface area contributed by atoms with E-state index in [1.54, 1.807) is 25.1 Å². The number of piperidine rings is 1. The maximum atomic E-state index is 14.6. The summed E-state index contributed by atoms with van der Waals surface area (Å²) in [4.78, 5) is 49.9. The van der Waals surface area contributed by atoms with Crippen LogP contribution in [-0.2, 0) is 33.4 Å². The summed E-state index contributed by atoms with van der Waals surface area (Å²) in [6, 6.07) is 7.65. The highest BCUT2D eigenvalue weighted by Crippen LogP contribution is 2.32. The molecule has 1 atom stereocenters. The third-order valence-corrected chi connectivity index (χ3v) is 6.26. The Kier molecular flexibility index (Phi) is 5.92.